The summed E-state index contributed by atoms with van der Waals surface area (Å²) in [5.41, 5.74) is 7.30. The Morgan fingerprint density at radius 3 is 2.94 bits per heavy atom. The number of nitrogens with one attached hydrogen (secondary N) is 1. The zero-order valence-corrected chi connectivity index (χ0v) is 10.4. The van der Waals surface area contributed by atoms with Crippen LogP contribution >= 0.6 is 0 Å². The molecule has 1 aromatic carbocycles. The number of hydrogen-bond acceptors (Lipinski definition) is 5. The third kappa shape index (κ3) is 2.18. The molecule has 0 fully saturated rings. The second-order valence-electron chi connectivity index (χ2n) is 3.84. The standard InChI is InChI=1S/C11H15N3O2S/c1-17(16)8-2-3-9-10(6-8)14(5-4-12)11(7-15)13-9/h2-3,6-7,11,13H,4-5,12H2,1H3. The fourth-order valence-corrected chi connectivity index (χ4v) is 2.48. The molecule has 3 N–H and O–H groups in total. The molecule has 0 aliphatic carbocycles. The number of hydrogen-bond donors (Lipinski definition) is 2. The molecule has 2 unspecified atom stereocenters. The predicted molar refractivity (Wildman–Crippen MR) is 68.6 cm³/mol. The van der Waals surface area contributed by atoms with E-state index in [1.54, 1.807) is 12.3 Å². The molecule has 1 heterocycles. The van der Waals surface area contributed by atoms with E-state index < -0.39 is 10.8 Å². The van der Waals surface area contributed by atoms with Gasteiger partial charge in [-0.05, 0) is 18.2 Å². The van der Waals surface area contributed by atoms with E-state index in [1.165, 1.54) is 0 Å². The third-order valence-corrected chi connectivity index (χ3v) is 3.67. The minimum atomic E-state index is -1.03. The highest BCUT2D eigenvalue weighted by atomic mass is 32.2. The van der Waals surface area contributed by atoms with Crippen molar-refractivity contribution >= 4 is 28.5 Å². The average Bonchev–Trinajstić information content (AvgIpc) is 2.67. The van der Waals surface area contributed by atoms with Crippen LogP contribution in [0.15, 0.2) is 23.1 Å². The van der Waals surface area contributed by atoms with Crippen molar-refractivity contribution < 1.29 is 9.00 Å². The lowest BCUT2D eigenvalue weighted by molar-refractivity contribution is -0.108. The number of carbonyl (C=O) groups excluding carboxylic acids is 1. The van der Waals surface area contributed by atoms with Crippen molar-refractivity contribution in [3.63, 3.8) is 0 Å². The molecule has 0 amide bonds. The topological polar surface area (TPSA) is 75.4 Å². The van der Waals surface area contributed by atoms with Gasteiger partial charge >= 0.3 is 0 Å². The molecule has 0 aromatic heterocycles. The molecule has 1 aliphatic heterocycles. The molecular formula is C11H15N3O2S. The van der Waals surface area contributed by atoms with Gasteiger partial charge in [0.15, 0.2) is 12.5 Å². The average molecular weight is 253 g/mol. The van der Waals surface area contributed by atoms with Gasteiger partial charge in [0.2, 0.25) is 0 Å². The molecule has 6 heteroatoms. The Labute approximate surface area is 102 Å². The van der Waals surface area contributed by atoms with Gasteiger partial charge < -0.3 is 16.0 Å². The first-order chi connectivity index (χ1) is 8.17. The number of aldehydes is 1. The Balaban J connectivity index is 2.40. The summed E-state index contributed by atoms with van der Waals surface area (Å²) >= 11 is 0. The van der Waals surface area contributed by atoms with Crippen LogP contribution in [0.1, 0.15) is 0 Å². The number of rotatable bonds is 4. The monoisotopic (exact) mass is 253 g/mol. The van der Waals surface area contributed by atoms with Gasteiger partial charge in [-0.1, -0.05) is 0 Å². The van der Waals surface area contributed by atoms with E-state index in [9.17, 15) is 9.00 Å². The van der Waals surface area contributed by atoms with Crippen LogP contribution in [-0.2, 0) is 15.6 Å². The second-order valence-corrected chi connectivity index (χ2v) is 5.22. The normalized spacial score (nSPS) is 19.6. The lowest BCUT2D eigenvalue weighted by Crippen LogP contribution is -2.40. The van der Waals surface area contributed by atoms with Gasteiger partial charge in [-0.25, -0.2) is 0 Å². The highest BCUT2D eigenvalue weighted by molar-refractivity contribution is 7.84. The summed E-state index contributed by atoms with van der Waals surface area (Å²) in [5.74, 6) is 0. The first-order valence-corrected chi connectivity index (χ1v) is 6.89. The van der Waals surface area contributed by atoms with Gasteiger partial charge in [-0.15, -0.1) is 0 Å². The highest BCUT2D eigenvalue weighted by Crippen LogP contribution is 2.35. The smallest absolute Gasteiger partial charge is 0.162 e. The Hall–Kier alpha value is -1.40. The predicted octanol–water partition coefficient (Wildman–Crippen LogP) is 0.140. The van der Waals surface area contributed by atoms with Crippen molar-refractivity contribution in [2.75, 3.05) is 29.6 Å². The van der Waals surface area contributed by atoms with Gasteiger partial charge in [0, 0.05) is 35.0 Å². The first kappa shape index (κ1) is 12.1. The lowest BCUT2D eigenvalue weighted by Gasteiger charge is -2.21. The number of anilines is 2. The van der Waals surface area contributed by atoms with Crippen LogP contribution in [0.4, 0.5) is 11.4 Å². The van der Waals surface area contributed by atoms with Crippen LogP contribution in [0.3, 0.4) is 0 Å². The van der Waals surface area contributed by atoms with Crippen LogP contribution in [0.5, 0.6) is 0 Å². The van der Waals surface area contributed by atoms with Crippen LogP contribution in [0, 0.1) is 0 Å². The number of nitrogens with two attached hydrogens (primary N) is 1. The number of fused-ring (bicyclic) bond motifs is 1. The quantitative estimate of drug-likeness (QED) is 0.747. The molecule has 17 heavy (non-hydrogen) atoms. The maximum Gasteiger partial charge on any atom is 0.162 e. The summed E-state index contributed by atoms with van der Waals surface area (Å²) in [5, 5.41) is 3.09. The van der Waals surface area contributed by atoms with Gasteiger partial charge in [0.1, 0.15) is 0 Å². The zero-order valence-electron chi connectivity index (χ0n) is 9.55. The van der Waals surface area contributed by atoms with E-state index in [4.69, 9.17) is 5.73 Å². The molecular weight excluding hydrogens is 238 g/mol. The number of nitrogens with zero attached hydrogens (tertiary/aromatic N) is 1. The largest absolute Gasteiger partial charge is 0.358 e. The molecule has 0 saturated carbocycles. The third-order valence-electron chi connectivity index (χ3n) is 2.75. The van der Waals surface area contributed by atoms with Gasteiger partial charge in [0.25, 0.3) is 0 Å². The summed E-state index contributed by atoms with van der Waals surface area (Å²) in [4.78, 5) is 13.6. The van der Waals surface area contributed by atoms with Crippen molar-refractivity contribution in [1.82, 2.24) is 0 Å². The first-order valence-electron chi connectivity index (χ1n) is 5.33. The fourth-order valence-electron chi connectivity index (χ4n) is 1.94. The summed E-state index contributed by atoms with van der Waals surface area (Å²) in [6.07, 6.45) is 2.10. The molecule has 92 valence electrons. The summed E-state index contributed by atoms with van der Waals surface area (Å²) in [7, 11) is -1.03. The lowest BCUT2D eigenvalue weighted by atomic mass is 10.2. The van der Waals surface area contributed by atoms with Crippen molar-refractivity contribution in [3.05, 3.63) is 18.2 Å². The van der Waals surface area contributed by atoms with E-state index in [1.807, 2.05) is 17.0 Å². The van der Waals surface area contributed by atoms with Crippen LogP contribution in [0.2, 0.25) is 0 Å². The van der Waals surface area contributed by atoms with E-state index in [2.05, 4.69) is 5.32 Å². The minimum absolute atomic E-state index is 0.380. The molecule has 1 aromatic rings. The van der Waals surface area contributed by atoms with Crippen molar-refractivity contribution in [2.24, 2.45) is 5.73 Å². The SMILES string of the molecule is CS(=O)c1ccc2c(c1)N(CCN)C(C=O)N2. The minimum Gasteiger partial charge on any atom is -0.358 e. The summed E-state index contributed by atoms with van der Waals surface area (Å²) in [6, 6.07) is 5.49. The van der Waals surface area contributed by atoms with Crippen molar-refractivity contribution in [1.29, 1.82) is 0 Å². The summed E-state index contributed by atoms with van der Waals surface area (Å²) < 4.78 is 11.4. The zero-order chi connectivity index (χ0) is 12.4. The molecule has 0 saturated heterocycles. The van der Waals surface area contributed by atoms with Crippen molar-refractivity contribution in [3.8, 4) is 0 Å². The Bertz CT molecular complexity index is 464. The van der Waals surface area contributed by atoms with Crippen molar-refractivity contribution in [2.45, 2.75) is 11.1 Å². The molecule has 1 aliphatic rings. The Morgan fingerprint density at radius 1 is 1.59 bits per heavy atom. The Morgan fingerprint density at radius 2 is 2.35 bits per heavy atom. The van der Waals surface area contributed by atoms with Gasteiger partial charge in [0.05, 0.1) is 11.4 Å². The molecule has 0 spiro atoms. The molecule has 2 rings (SSSR count). The number of benzene rings is 1. The second kappa shape index (κ2) is 4.85. The van der Waals surface area contributed by atoms with Crippen LogP contribution in [-0.4, -0.2) is 36.0 Å². The maximum atomic E-state index is 11.4. The van der Waals surface area contributed by atoms with E-state index >= 15 is 0 Å². The maximum absolute atomic E-state index is 11.4. The van der Waals surface area contributed by atoms with Gasteiger partial charge in [-0.3, -0.25) is 9.00 Å². The van der Waals surface area contributed by atoms with E-state index in [0.717, 1.165) is 22.6 Å². The molecule has 0 bridgehead atoms. The number of carbonyl (C=O) groups is 1. The van der Waals surface area contributed by atoms with E-state index in [-0.39, 0.29) is 6.17 Å². The van der Waals surface area contributed by atoms with Gasteiger partial charge in [-0.2, -0.15) is 0 Å². The van der Waals surface area contributed by atoms with Crippen LogP contribution < -0.4 is 16.0 Å². The Kier molecular flexibility index (Phi) is 3.44. The fraction of sp³-hybridized carbons (Fsp3) is 0.364. The van der Waals surface area contributed by atoms with E-state index in [0.29, 0.717) is 13.1 Å². The molecule has 0 radical (unpaired) electrons. The highest BCUT2D eigenvalue weighted by Gasteiger charge is 2.27. The summed E-state index contributed by atoms with van der Waals surface area (Å²) in [6.45, 7) is 1.05. The van der Waals surface area contributed by atoms with Crippen LogP contribution in [0.25, 0.3) is 0 Å². The molecule has 5 nitrogen and oxygen atoms in total. The molecule has 2 atom stereocenters.